The number of benzene rings is 1. The van der Waals surface area contributed by atoms with Crippen LogP contribution in [0.4, 0.5) is 0 Å². The van der Waals surface area contributed by atoms with Gasteiger partial charge >= 0.3 is 23.9 Å². The molecule has 1 N–H and O–H groups in total. The fraction of sp³-hybridized carbons (Fsp3) is 0.250. The van der Waals surface area contributed by atoms with Crippen LogP contribution in [0.15, 0.2) is 30.9 Å². The Hall–Kier alpha value is -3.00. The summed E-state index contributed by atoms with van der Waals surface area (Å²) in [5.41, 5.74) is -1.00. The van der Waals surface area contributed by atoms with Crippen molar-refractivity contribution in [2.75, 3.05) is 6.61 Å². The maximum absolute atomic E-state index is 11.8. The maximum Gasteiger partial charge on any atom is 0.373 e. The van der Waals surface area contributed by atoms with Gasteiger partial charge in [-0.3, -0.25) is 4.89 Å². The van der Waals surface area contributed by atoms with E-state index in [1.54, 1.807) is 0 Å². The minimum absolute atomic E-state index is 0.179. The van der Waals surface area contributed by atoms with Crippen molar-refractivity contribution in [3.05, 3.63) is 47.5 Å². The van der Waals surface area contributed by atoms with Crippen molar-refractivity contribution in [1.82, 2.24) is 0 Å². The lowest BCUT2D eigenvalue weighted by molar-refractivity contribution is -0.241. The smallest absolute Gasteiger partial charge is 0.373 e. The molecule has 0 heterocycles. The average molecular weight is 336 g/mol. The summed E-state index contributed by atoms with van der Waals surface area (Å²) >= 11 is 0. The van der Waals surface area contributed by atoms with Crippen LogP contribution in [0.5, 0.6) is 0 Å². The Kier molecular flexibility index (Phi) is 7.31. The summed E-state index contributed by atoms with van der Waals surface area (Å²) in [7, 11) is 0. The maximum atomic E-state index is 11.8. The molecule has 8 nitrogen and oxygen atoms in total. The topological polar surface area (TPSA) is 116 Å². The molecule has 0 aliphatic carbocycles. The van der Waals surface area contributed by atoms with Gasteiger partial charge < -0.3 is 9.84 Å². The fourth-order valence-electron chi connectivity index (χ4n) is 1.56. The Bertz CT molecular complexity index is 662. The lowest BCUT2D eigenvalue weighted by Gasteiger charge is -2.07. The zero-order chi connectivity index (χ0) is 18.1. The summed E-state index contributed by atoms with van der Waals surface area (Å²) in [6.45, 7) is 5.23. The van der Waals surface area contributed by atoms with E-state index in [9.17, 15) is 24.3 Å². The summed E-state index contributed by atoms with van der Waals surface area (Å²) < 4.78 is 4.38. The number of carboxylic acid groups (broad SMARTS) is 1. The molecule has 1 rings (SSSR count). The molecule has 8 heteroatoms. The van der Waals surface area contributed by atoms with Crippen molar-refractivity contribution in [1.29, 1.82) is 0 Å². The first kappa shape index (κ1) is 19.0. The molecule has 0 amide bonds. The highest BCUT2D eigenvalue weighted by Crippen LogP contribution is 2.15. The standard InChI is InChI=1S/C16H16O8/c1-3-5-8-22-24-16(21)11-7-6-10(9-12(11)14(18)19)15(20)23-13(17)4-2/h4,6-7,9H,2-3,5,8H2,1H3,(H,18,19). The fourth-order valence-corrected chi connectivity index (χ4v) is 1.56. The first-order chi connectivity index (χ1) is 11.4. The van der Waals surface area contributed by atoms with Crippen molar-refractivity contribution in [2.45, 2.75) is 19.8 Å². The minimum atomic E-state index is -1.46. The number of carbonyl (C=O) groups is 4. The van der Waals surface area contributed by atoms with E-state index in [-0.39, 0.29) is 17.7 Å². The van der Waals surface area contributed by atoms with Gasteiger partial charge in [0.05, 0.1) is 23.3 Å². The Morgan fingerprint density at radius 3 is 2.46 bits per heavy atom. The van der Waals surface area contributed by atoms with Crippen molar-refractivity contribution in [3.63, 3.8) is 0 Å². The molecule has 1 aromatic rings. The van der Waals surface area contributed by atoms with Crippen LogP contribution in [0.2, 0.25) is 0 Å². The quantitative estimate of drug-likeness (QED) is 0.192. The lowest BCUT2D eigenvalue weighted by atomic mass is 10.0. The second-order valence-corrected chi connectivity index (χ2v) is 4.52. The Balaban J connectivity index is 2.97. The number of carbonyl (C=O) groups excluding carboxylic acids is 3. The third kappa shape index (κ3) is 5.33. The minimum Gasteiger partial charge on any atom is -0.478 e. The van der Waals surface area contributed by atoms with Gasteiger partial charge in [0.15, 0.2) is 0 Å². The second-order valence-electron chi connectivity index (χ2n) is 4.52. The van der Waals surface area contributed by atoms with Gasteiger partial charge in [-0.15, -0.1) is 0 Å². The summed E-state index contributed by atoms with van der Waals surface area (Å²) in [4.78, 5) is 55.0. The van der Waals surface area contributed by atoms with Gasteiger partial charge in [-0.25, -0.2) is 19.2 Å². The van der Waals surface area contributed by atoms with E-state index in [2.05, 4.69) is 21.1 Å². The molecule has 0 aliphatic heterocycles. The number of rotatable bonds is 8. The van der Waals surface area contributed by atoms with Crippen LogP contribution >= 0.6 is 0 Å². The van der Waals surface area contributed by atoms with Crippen LogP contribution in [-0.4, -0.2) is 35.6 Å². The third-order valence-electron chi connectivity index (χ3n) is 2.78. The summed E-state index contributed by atoms with van der Waals surface area (Å²) in [5, 5.41) is 9.17. The molecule has 0 unspecified atom stereocenters. The van der Waals surface area contributed by atoms with E-state index < -0.39 is 29.4 Å². The van der Waals surface area contributed by atoms with Gasteiger partial charge in [0.25, 0.3) is 0 Å². The molecule has 0 fully saturated rings. The molecule has 24 heavy (non-hydrogen) atoms. The number of carboxylic acids is 1. The number of ether oxygens (including phenoxy) is 1. The predicted octanol–water partition coefficient (Wildman–Crippen LogP) is 2.14. The van der Waals surface area contributed by atoms with Gasteiger partial charge in [-0.1, -0.05) is 19.9 Å². The highest BCUT2D eigenvalue weighted by atomic mass is 17.2. The first-order valence-corrected chi connectivity index (χ1v) is 7.00. The van der Waals surface area contributed by atoms with Gasteiger partial charge in [0.2, 0.25) is 0 Å². The van der Waals surface area contributed by atoms with Crippen LogP contribution in [0.1, 0.15) is 50.8 Å². The third-order valence-corrected chi connectivity index (χ3v) is 2.78. The SMILES string of the molecule is C=CC(=O)OC(=O)c1ccc(C(=O)OOCCCC)c(C(=O)O)c1. The number of hydrogen-bond acceptors (Lipinski definition) is 7. The molecule has 0 bridgehead atoms. The van der Waals surface area contributed by atoms with Crippen molar-refractivity contribution < 1.29 is 38.8 Å². The van der Waals surface area contributed by atoms with Crippen LogP contribution in [0.25, 0.3) is 0 Å². The molecule has 0 atom stereocenters. The van der Waals surface area contributed by atoms with Gasteiger partial charge in [0, 0.05) is 6.08 Å². The number of esters is 2. The molecule has 0 aliphatic rings. The number of unbranched alkanes of at least 4 members (excludes halogenated alkanes) is 1. The van der Waals surface area contributed by atoms with E-state index >= 15 is 0 Å². The van der Waals surface area contributed by atoms with Crippen LogP contribution in [-0.2, 0) is 19.3 Å². The lowest BCUT2D eigenvalue weighted by Crippen LogP contribution is -2.15. The molecule has 1 aromatic carbocycles. The molecular weight excluding hydrogens is 320 g/mol. The Morgan fingerprint density at radius 2 is 1.88 bits per heavy atom. The van der Waals surface area contributed by atoms with E-state index in [4.69, 9.17) is 0 Å². The highest BCUT2D eigenvalue weighted by molar-refractivity contribution is 6.06. The monoisotopic (exact) mass is 336 g/mol. The van der Waals surface area contributed by atoms with E-state index in [0.29, 0.717) is 6.42 Å². The summed E-state index contributed by atoms with van der Waals surface area (Å²) in [6, 6.07) is 3.11. The molecule has 0 aromatic heterocycles. The van der Waals surface area contributed by atoms with Crippen LogP contribution < -0.4 is 0 Å². The molecule has 0 saturated carbocycles. The second kappa shape index (κ2) is 9.21. The molecule has 128 valence electrons. The zero-order valence-electron chi connectivity index (χ0n) is 12.9. The van der Waals surface area contributed by atoms with E-state index in [1.165, 1.54) is 0 Å². The molecule has 0 radical (unpaired) electrons. The highest BCUT2D eigenvalue weighted by Gasteiger charge is 2.22. The van der Waals surface area contributed by atoms with Crippen molar-refractivity contribution in [3.8, 4) is 0 Å². The normalized spacial score (nSPS) is 9.88. The predicted molar refractivity (Wildman–Crippen MR) is 80.3 cm³/mol. The summed E-state index contributed by atoms with van der Waals surface area (Å²) in [6.07, 6.45) is 2.29. The van der Waals surface area contributed by atoms with Crippen LogP contribution in [0, 0.1) is 0 Å². The van der Waals surface area contributed by atoms with E-state index in [1.807, 2.05) is 6.92 Å². The zero-order valence-corrected chi connectivity index (χ0v) is 12.9. The number of hydrogen-bond donors (Lipinski definition) is 1. The molecule has 0 spiro atoms. The Morgan fingerprint density at radius 1 is 1.17 bits per heavy atom. The van der Waals surface area contributed by atoms with E-state index in [0.717, 1.165) is 30.7 Å². The van der Waals surface area contributed by atoms with Gasteiger partial charge in [-0.2, -0.15) is 4.89 Å². The molecular formula is C16H16O8. The van der Waals surface area contributed by atoms with Gasteiger partial charge in [0.1, 0.15) is 0 Å². The summed E-state index contributed by atoms with van der Waals surface area (Å²) in [5.74, 6) is -4.52. The first-order valence-electron chi connectivity index (χ1n) is 7.00. The largest absolute Gasteiger partial charge is 0.478 e. The Labute approximate surface area is 137 Å². The molecule has 0 saturated heterocycles. The number of aromatic carboxylic acids is 1. The van der Waals surface area contributed by atoms with Gasteiger partial charge in [-0.05, 0) is 24.6 Å². The van der Waals surface area contributed by atoms with Crippen LogP contribution in [0.3, 0.4) is 0 Å². The average Bonchev–Trinajstić information content (AvgIpc) is 2.57. The van der Waals surface area contributed by atoms with Crippen molar-refractivity contribution in [2.24, 2.45) is 0 Å². The van der Waals surface area contributed by atoms with Crippen molar-refractivity contribution >= 4 is 23.9 Å².